The first-order chi connectivity index (χ1) is 16.1. The van der Waals surface area contributed by atoms with E-state index in [1.807, 2.05) is 24.4 Å². The van der Waals surface area contributed by atoms with E-state index in [1.165, 1.54) is 5.56 Å². The molecular formula is C25H31N5O2S. The zero-order valence-corrected chi connectivity index (χ0v) is 19.6. The number of nitrogens with one attached hydrogen (secondary N) is 1. The fourth-order valence-electron chi connectivity index (χ4n) is 4.96. The Morgan fingerprint density at radius 2 is 1.73 bits per heavy atom. The van der Waals surface area contributed by atoms with Crippen LogP contribution in [0, 0.1) is 0 Å². The van der Waals surface area contributed by atoms with E-state index in [0.717, 1.165) is 42.6 Å². The van der Waals surface area contributed by atoms with E-state index in [4.69, 9.17) is 0 Å². The number of para-hydroxylation sites is 1. The Kier molecular flexibility index (Phi) is 6.48. The van der Waals surface area contributed by atoms with Crippen molar-refractivity contribution in [2.45, 2.75) is 44.8 Å². The Labute approximate surface area is 196 Å². The third-order valence-corrected chi connectivity index (χ3v) is 8.67. The molecule has 1 N–H and O–H groups in total. The first-order valence-corrected chi connectivity index (χ1v) is 13.1. The number of aromatic nitrogens is 2. The van der Waals surface area contributed by atoms with Gasteiger partial charge < -0.3 is 9.88 Å². The Hall–Kier alpha value is -2.68. The van der Waals surface area contributed by atoms with E-state index in [0.29, 0.717) is 32.7 Å². The first-order valence-electron chi connectivity index (χ1n) is 11.7. The van der Waals surface area contributed by atoms with Gasteiger partial charge in [-0.15, -0.1) is 0 Å². The van der Waals surface area contributed by atoms with Crippen LogP contribution in [0.4, 0.5) is 5.69 Å². The maximum atomic E-state index is 13.6. The highest BCUT2D eigenvalue weighted by Gasteiger charge is 2.37. The quantitative estimate of drug-likeness (QED) is 0.579. The highest BCUT2D eigenvalue weighted by Crippen LogP contribution is 2.33. The van der Waals surface area contributed by atoms with E-state index in [2.05, 4.69) is 51.3 Å². The van der Waals surface area contributed by atoms with E-state index in [1.54, 1.807) is 14.9 Å². The molecule has 0 spiro atoms. The topological polar surface area (TPSA) is 72.5 Å². The van der Waals surface area contributed by atoms with E-state index >= 15 is 0 Å². The second kappa shape index (κ2) is 9.67. The summed E-state index contributed by atoms with van der Waals surface area (Å²) in [5.41, 5.74) is 4.43. The first kappa shape index (κ1) is 22.1. The van der Waals surface area contributed by atoms with Crippen LogP contribution in [0.25, 0.3) is 0 Å². The van der Waals surface area contributed by atoms with Crippen LogP contribution < -0.4 is 4.90 Å². The zero-order chi connectivity index (χ0) is 22.7. The number of aryl methyl sites for hydroxylation is 1. The molecule has 0 saturated carbocycles. The molecule has 0 amide bonds. The van der Waals surface area contributed by atoms with Crippen LogP contribution in [0.2, 0.25) is 0 Å². The Bertz CT molecular complexity index is 1140. The SMILES string of the molecule is O=S(=O)(N1CCCC1)N1Cc2ccccc2N(Cc2cnc[nH]2)[C@H](CCc2ccccc2)C1. The smallest absolute Gasteiger partial charge is 0.282 e. The molecule has 174 valence electrons. The molecule has 2 aliphatic rings. The van der Waals surface area contributed by atoms with Gasteiger partial charge in [-0.1, -0.05) is 48.5 Å². The number of hydrogen-bond acceptors (Lipinski definition) is 4. The van der Waals surface area contributed by atoms with Crippen molar-refractivity contribution in [1.82, 2.24) is 18.6 Å². The number of imidazole rings is 1. The van der Waals surface area contributed by atoms with Crippen LogP contribution in [-0.4, -0.2) is 52.7 Å². The van der Waals surface area contributed by atoms with Crippen molar-refractivity contribution >= 4 is 15.9 Å². The Balaban J connectivity index is 1.50. The fourth-order valence-corrected chi connectivity index (χ4v) is 6.67. The largest absolute Gasteiger partial charge is 0.361 e. The number of H-pyrrole nitrogens is 1. The molecule has 3 aromatic rings. The van der Waals surface area contributed by atoms with Crippen molar-refractivity contribution < 1.29 is 8.42 Å². The minimum atomic E-state index is -3.51. The summed E-state index contributed by atoms with van der Waals surface area (Å²) < 4.78 is 30.6. The van der Waals surface area contributed by atoms with E-state index in [9.17, 15) is 8.42 Å². The summed E-state index contributed by atoms with van der Waals surface area (Å²) in [5, 5.41) is 0. The average molecular weight is 466 g/mol. The van der Waals surface area contributed by atoms with Crippen LogP contribution in [-0.2, 0) is 29.7 Å². The minimum absolute atomic E-state index is 0.0366. The lowest BCUT2D eigenvalue weighted by Gasteiger charge is -2.34. The maximum Gasteiger partial charge on any atom is 0.282 e. The molecule has 0 bridgehead atoms. The van der Waals surface area contributed by atoms with Crippen LogP contribution >= 0.6 is 0 Å². The van der Waals surface area contributed by atoms with Gasteiger partial charge in [0.25, 0.3) is 10.2 Å². The molecule has 0 radical (unpaired) electrons. The third kappa shape index (κ3) is 4.83. The lowest BCUT2D eigenvalue weighted by molar-refractivity contribution is 0.334. The second-order valence-corrected chi connectivity index (χ2v) is 10.8. The van der Waals surface area contributed by atoms with Crippen LogP contribution in [0.3, 0.4) is 0 Å². The molecule has 1 fully saturated rings. The molecule has 3 heterocycles. The predicted octanol–water partition coefficient (Wildman–Crippen LogP) is 3.57. The standard InChI is InChI=1S/C25H31N5O2S/c31-33(32,28-14-6-7-15-28)29-17-22-10-4-5-11-25(22)30(18-23-16-26-20-27-23)24(19-29)13-12-21-8-2-1-3-9-21/h1-5,8-11,16,20,24H,6-7,12-15,17-19H2,(H,26,27)/t24-/m1/s1. The van der Waals surface area contributed by atoms with E-state index in [-0.39, 0.29) is 6.04 Å². The molecule has 8 heteroatoms. The zero-order valence-electron chi connectivity index (χ0n) is 18.8. The Morgan fingerprint density at radius 1 is 0.970 bits per heavy atom. The average Bonchev–Trinajstić information content (AvgIpc) is 3.53. The molecule has 5 rings (SSSR count). The van der Waals surface area contributed by atoms with Gasteiger partial charge in [-0.25, -0.2) is 4.98 Å². The number of anilines is 1. The van der Waals surface area contributed by atoms with Gasteiger partial charge in [0.15, 0.2) is 0 Å². The van der Waals surface area contributed by atoms with Crippen molar-refractivity contribution in [3.05, 3.63) is 83.9 Å². The predicted molar refractivity (Wildman–Crippen MR) is 130 cm³/mol. The number of rotatable bonds is 7. The lowest BCUT2D eigenvalue weighted by Crippen LogP contribution is -2.47. The van der Waals surface area contributed by atoms with Crippen molar-refractivity contribution in [2.75, 3.05) is 24.5 Å². The van der Waals surface area contributed by atoms with Crippen molar-refractivity contribution in [2.24, 2.45) is 0 Å². The van der Waals surface area contributed by atoms with Crippen molar-refractivity contribution in [3.63, 3.8) is 0 Å². The molecule has 0 unspecified atom stereocenters. The fraction of sp³-hybridized carbons (Fsp3) is 0.400. The summed E-state index contributed by atoms with van der Waals surface area (Å²) in [6, 6.07) is 18.7. The lowest BCUT2D eigenvalue weighted by atomic mass is 10.0. The maximum absolute atomic E-state index is 13.6. The molecule has 2 aromatic carbocycles. The molecular weight excluding hydrogens is 434 g/mol. The van der Waals surface area contributed by atoms with Gasteiger partial charge in [-0.2, -0.15) is 17.0 Å². The van der Waals surface area contributed by atoms with Crippen molar-refractivity contribution in [3.8, 4) is 0 Å². The molecule has 33 heavy (non-hydrogen) atoms. The van der Waals surface area contributed by atoms with Crippen LogP contribution in [0.15, 0.2) is 67.1 Å². The molecule has 1 atom stereocenters. The summed E-state index contributed by atoms with van der Waals surface area (Å²) in [6.07, 6.45) is 7.17. The number of aromatic amines is 1. The molecule has 2 aliphatic heterocycles. The van der Waals surface area contributed by atoms with Gasteiger partial charge >= 0.3 is 0 Å². The monoisotopic (exact) mass is 465 g/mol. The summed E-state index contributed by atoms with van der Waals surface area (Å²) in [4.78, 5) is 9.79. The summed E-state index contributed by atoms with van der Waals surface area (Å²) in [7, 11) is -3.51. The second-order valence-electron chi connectivity index (χ2n) is 8.92. The third-order valence-electron chi connectivity index (χ3n) is 6.73. The number of benzene rings is 2. The van der Waals surface area contributed by atoms with Gasteiger partial charge in [0.1, 0.15) is 0 Å². The number of hydrogen-bond donors (Lipinski definition) is 1. The van der Waals surface area contributed by atoms with Crippen molar-refractivity contribution in [1.29, 1.82) is 0 Å². The van der Waals surface area contributed by atoms with Crippen LogP contribution in [0.1, 0.15) is 36.1 Å². The number of fused-ring (bicyclic) bond motifs is 1. The van der Waals surface area contributed by atoms with Gasteiger partial charge in [-0.05, 0) is 42.9 Å². The van der Waals surface area contributed by atoms with Gasteiger partial charge in [0.2, 0.25) is 0 Å². The number of nitrogens with zero attached hydrogens (tertiary/aromatic N) is 4. The molecule has 0 aliphatic carbocycles. The van der Waals surface area contributed by atoms with Gasteiger partial charge in [0.05, 0.1) is 18.6 Å². The molecule has 1 saturated heterocycles. The summed E-state index contributed by atoms with van der Waals surface area (Å²) in [5.74, 6) is 0. The Morgan fingerprint density at radius 3 is 2.48 bits per heavy atom. The van der Waals surface area contributed by atoms with Gasteiger partial charge in [0, 0.05) is 44.1 Å². The molecule has 1 aromatic heterocycles. The van der Waals surface area contributed by atoms with E-state index < -0.39 is 10.2 Å². The highest BCUT2D eigenvalue weighted by molar-refractivity contribution is 7.86. The highest BCUT2D eigenvalue weighted by atomic mass is 32.2. The summed E-state index contributed by atoms with van der Waals surface area (Å²) in [6.45, 7) is 2.76. The minimum Gasteiger partial charge on any atom is -0.361 e. The normalized spacial score (nSPS) is 20.0. The molecule has 7 nitrogen and oxygen atoms in total. The van der Waals surface area contributed by atoms with Gasteiger partial charge in [-0.3, -0.25) is 0 Å². The van der Waals surface area contributed by atoms with Crippen LogP contribution in [0.5, 0.6) is 0 Å². The summed E-state index contributed by atoms with van der Waals surface area (Å²) >= 11 is 0.